The largest absolute Gasteiger partial charge is 0.468 e. The Labute approximate surface area is 180 Å². The Morgan fingerprint density at radius 1 is 1.23 bits per heavy atom. The number of esters is 2. The van der Waals surface area contributed by atoms with E-state index in [4.69, 9.17) is 20.8 Å². The third-order valence-electron chi connectivity index (χ3n) is 4.03. The van der Waals surface area contributed by atoms with Crippen molar-refractivity contribution in [3.05, 3.63) is 51.6 Å². The molecule has 0 saturated carbocycles. The molecular weight excluding hydrogens is 434 g/mol. The third kappa shape index (κ3) is 4.58. The van der Waals surface area contributed by atoms with Gasteiger partial charge < -0.3 is 13.9 Å². The van der Waals surface area contributed by atoms with Crippen LogP contribution in [-0.4, -0.2) is 48.2 Å². The van der Waals surface area contributed by atoms with Gasteiger partial charge in [0.1, 0.15) is 18.1 Å². The molecule has 0 spiro atoms. The third-order valence-corrected chi connectivity index (χ3v) is 5.27. The van der Waals surface area contributed by atoms with Crippen molar-refractivity contribution in [3.63, 3.8) is 0 Å². The van der Waals surface area contributed by atoms with E-state index in [2.05, 4.69) is 4.74 Å². The normalized spacial score (nSPS) is 15.0. The number of methoxy groups -OCH3 is 1. The maximum atomic E-state index is 12.4. The standard InChI is InChI=1S/C20H16ClNO7S/c1-3-28-19(25)13-8-11(4-6-14(13)21)15-7-5-12(29-15)9-16-18(24)22(20(26)30-16)10-17(23)27-2/h4-9H,3,10H2,1-2H3/b16-9-. The summed E-state index contributed by atoms with van der Waals surface area (Å²) in [6, 6.07) is 8.06. The maximum absolute atomic E-state index is 12.4. The summed E-state index contributed by atoms with van der Waals surface area (Å²) in [5.41, 5.74) is 0.791. The van der Waals surface area contributed by atoms with E-state index in [1.807, 2.05) is 0 Å². The summed E-state index contributed by atoms with van der Waals surface area (Å²) >= 11 is 6.77. The van der Waals surface area contributed by atoms with Gasteiger partial charge in [0, 0.05) is 11.6 Å². The lowest BCUT2D eigenvalue weighted by molar-refractivity contribution is -0.143. The molecule has 2 heterocycles. The number of carbonyl (C=O) groups excluding carboxylic acids is 4. The Hall–Kier alpha value is -3.04. The molecular formula is C20H16ClNO7S. The van der Waals surface area contributed by atoms with Crippen molar-refractivity contribution in [3.8, 4) is 11.3 Å². The van der Waals surface area contributed by atoms with Crippen LogP contribution in [0, 0.1) is 0 Å². The van der Waals surface area contributed by atoms with E-state index in [0.717, 1.165) is 4.90 Å². The molecule has 1 aliphatic rings. The molecule has 8 nitrogen and oxygen atoms in total. The number of hydrogen-bond donors (Lipinski definition) is 0. The van der Waals surface area contributed by atoms with Gasteiger partial charge in [-0.15, -0.1) is 0 Å². The van der Waals surface area contributed by atoms with Gasteiger partial charge in [-0.3, -0.25) is 19.3 Å². The highest BCUT2D eigenvalue weighted by atomic mass is 35.5. The van der Waals surface area contributed by atoms with Gasteiger partial charge in [-0.25, -0.2) is 4.79 Å². The van der Waals surface area contributed by atoms with Crippen LogP contribution in [0.3, 0.4) is 0 Å². The molecule has 0 aliphatic carbocycles. The van der Waals surface area contributed by atoms with Gasteiger partial charge in [-0.2, -0.15) is 0 Å². The predicted molar refractivity (Wildman–Crippen MR) is 110 cm³/mol. The van der Waals surface area contributed by atoms with Gasteiger partial charge in [0.2, 0.25) is 0 Å². The van der Waals surface area contributed by atoms with Crippen molar-refractivity contribution in [2.75, 3.05) is 20.3 Å². The van der Waals surface area contributed by atoms with Crippen molar-refractivity contribution in [1.29, 1.82) is 0 Å². The van der Waals surface area contributed by atoms with Crippen molar-refractivity contribution >= 4 is 52.5 Å². The van der Waals surface area contributed by atoms with E-state index < -0.39 is 29.6 Å². The highest BCUT2D eigenvalue weighted by Crippen LogP contribution is 2.33. The second-order valence-corrected chi connectivity index (χ2v) is 7.36. The first kappa shape index (κ1) is 21.7. The Bertz CT molecular complexity index is 1060. The minimum absolute atomic E-state index is 0.119. The molecule has 1 aliphatic heterocycles. The SMILES string of the molecule is CCOC(=O)c1cc(-c2ccc(/C=C3\SC(=O)N(CC(=O)OC)C3=O)o2)ccc1Cl. The molecule has 10 heteroatoms. The molecule has 0 N–H and O–H groups in total. The summed E-state index contributed by atoms with van der Waals surface area (Å²) in [6.45, 7) is 1.46. The van der Waals surface area contributed by atoms with Crippen LogP contribution in [0.5, 0.6) is 0 Å². The van der Waals surface area contributed by atoms with Gasteiger partial charge in [-0.05, 0) is 49.0 Å². The fraction of sp³-hybridized carbons (Fsp3) is 0.200. The zero-order valence-electron chi connectivity index (χ0n) is 16.0. The fourth-order valence-electron chi connectivity index (χ4n) is 2.59. The van der Waals surface area contributed by atoms with E-state index in [9.17, 15) is 19.2 Å². The molecule has 1 saturated heterocycles. The molecule has 0 unspecified atom stereocenters. The first-order chi connectivity index (χ1) is 14.3. The van der Waals surface area contributed by atoms with E-state index in [-0.39, 0.29) is 22.1 Å². The molecule has 2 aromatic rings. The van der Waals surface area contributed by atoms with Crippen LogP contribution in [0.15, 0.2) is 39.7 Å². The van der Waals surface area contributed by atoms with Crippen LogP contribution in [0.1, 0.15) is 23.0 Å². The van der Waals surface area contributed by atoms with Crippen LogP contribution in [0.2, 0.25) is 5.02 Å². The van der Waals surface area contributed by atoms with E-state index in [1.54, 1.807) is 37.3 Å². The van der Waals surface area contributed by atoms with Crippen LogP contribution in [0.25, 0.3) is 17.4 Å². The molecule has 1 aromatic heterocycles. The second kappa shape index (κ2) is 9.19. The Kier molecular flexibility index (Phi) is 6.63. The molecule has 0 radical (unpaired) electrons. The lowest BCUT2D eigenvalue weighted by Crippen LogP contribution is -2.34. The summed E-state index contributed by atoms with van der Waals surface area (Å²) in [6.07, 6.45) is 1.41. The molecule has 0 bridgehead atoms. The number of hydrogen-bond acceptors (Lipinski definition) is 8. The number of imide groups is 1. The van der Waals surface area contributed by atoms with Crippen molar-refractivity contribution in [2.24, 2.45) is 0 Å². The Morgan fingerprint density at radius 2 is 2.00 bits per heavy atom. The predicted octanol–water partition coefficient (Wildman–Crippen LogP) is 3.99. The number of halogens is 1. The van der Waals surface area contributed by atoms with E-state index >= 15 is 0 Å². The number of amides is 2. The topological polar surface area (TPSA) is 103 Å². The van der Waals surface area contributed by atoms with Gasteiger partial charge in [0.25, 0.3) is 11.1 Å². The van der Waals surface area contributed by atoms with E-state index in [0.29, 0.717) is 28.8 Å². The number of nitrogens with zero attached hydrogens (tertiary/aromatic N) is 1. The average molecular weight is 450 g/mol. The smallest absolute Gasteiger partial charge is 0.339 e. The molecule has 1 aromatic carbocycles. The Morgan fingerprint density at radius 3 is 2.70 bits per heavy atom. The monoisotopic (exact) mass is 449 g/mol. The maximum Gasteiger partial charge on any atom is 0.339 e. The van der Waals surface area contributed by atoms with Gasteiger partial charge in [0.15, 0.2) is 0 Å². The summed E-state index contributed by atoms with van der Waals surface area (Å²) in [5.74, 6) is -1.10. The first-order valence-corrected chi connectivity index (χ1v) is 9.92. The molecule has 156 valence electrons. The lowest BCUT2D eigenvalue weighted by atomic mass is 10.1. The number of ether oxygens (including phenoxy) is 2. The van der Waals surface area contributed by atoms with Gasteiger partial charge in [-0.1, -0.05) is 11.6 Å². The zero-order chi connectivity index (χ0) is 21.8. The first-order valence-electron chi connectivity index (χ1n) is 8.73. The average Bonchev–Trinajstić information content (AvgIpc) is 3.28. The molecule has 1 fully saturated rings. The highest BCUT2D eigenvalue weighted by Gasteiger charge is 2.36. The number of carbonyl (C=O) groups is 4. The zero-order valence-corrected chi connectivity index (χ0v) is 17.5. The minimum atomic E-state index is -0.695. The van der Waals surface area contributed by atoms with Crippen molar-refractivity contribution in [2.45, 2.75) is 6.92 Å². The molecule has 2 amide bonds. The Balaban J connectivity index is 1.83. The summed E-state index contributed by atoms with van der Waals surface area (Å²) in [5, 5.41) is -0.316. The summed E-state index contributed by atoms with van der Waals surface area (Å²) in [7, 11) is 1.17. The van der Waals surface area contributed by atoms with Crippen LogP contribution in [-0.2, 0) is 19.1 Å². The van der Waals surface area contributed by atoms with Crippen LogP contribution >= 0.6 is 23.4 Å². The van der Waals surface area contributed by atoms with E-state index in [1.165, 1.54) is 13.2 Å². The van der Waals surface area contributed by atoms with Gasteiger partial charge in [0.05, 0.1) is 29.2 Å². The van der Waals surface area contributed by atoms with Crippen LogP contribution in [0.4, 0.5) is 4.79 Å². The number of thioether (sulfide) groups is 1. The minimum Gasteiger partial charge on any atom is -0.468 e. The van der Waals surface area contributed by atoms with Crippen molar-refractivity contribution in [1.82, 2.24) is 4.90 Å². The number of furan rings is 1. The quantitative estimate of drug-likeness (QED) is 0.481. The van der Waals surface area contributed by atoms with Gasteiger partial charge >= 0.3 is 11.9 Å². The molecule has 0 atom stereocenters. The summed E-state index contributed by atoms with van der Waals surface area (Å²) in [4.78, 5) is 48.7. The number of benzene rings is 1. The second-order valence-electron chi connectivity index (χ2n) is 5.96. The summed E-state index contributed by atoms with van der Waals surface area (Å²) < 4.78 is 15.2. The lowest BCUT2D eigenvalue weighted by Gasteiger charge is -2.09. The number of rotatable bonds is 6. The fourth-order valence-corrected chi connectivity index (χ4v) is 3.60. The molecule has 3 rings (SSSR count). The molecule has 30 heavy (non-hydrogen) atoms. The van der Waals surface area contributed by atoms with Crippen LogP contribution < -0.4 is 0 Å². The highest BCUT2D eigenvalue weighted by molar-refractivity contribution is 8.18. The van der Waals surface area contributed by atoms with Crippen molar-refractivity contribution < 1.29 is 33.1 Å².